The molecule has 0 radical (unpaired) electrons. The van der Waals surface area contributed by atoms with E-state index in [0.29, 0.717) is 5.57 Å². The summed E-state index contributed by atoms with van der Waals surface area (Å²) < 4.78 is 0. The average Bonchev–Trinajstić information content (AvgIpc) is 2.67. The van der Waals surface area contributed by atoms with Crippen LogP contribution in [0.5, 0.6) is 0 Å². The van der Waals surface area contributed by atoms with Gasteiger partial charge in [-0.05, 0) is 24.3 Å². The summed E-state index contributed by atoms with van der Waals surface area (Å²) >= 11 is 0. The lowest BCUT2D eigenvalue weighted by Crippen LogP contribution is -2.03. The quantitative estimate of drug-likeness (QED) is 0.611. The summed E-state index contributed by atoms with van der Waals surface area (Å²) in [7, 11) is 0. The van der Waals surface area contributed by atoms with E-state index in [2.05, 4.69) is 6.07 Å². The number of nitrogens with zero attached hydrogens (tertiary/aromatic N) is 1. The van der Waals surface area contributed by atoms with Crippen molar-refractivity contribution in [3.8, 4) is 6.07 Å². The molecule has 1 aliphatic carbocycles. The number of rotatable bonds is 3. The van der Waals surface area contributed by atoms with Crippen molar-refractivity contribution < 1.29 is 9.90 Å². The van der Waals surface area contributed by atoms with Gasteiger partial charge in [0.05, 0.1) is 12.0 Å². The zero-order chi connectivity index (χ0) is 11.6. The van der Waals surface area contributed by atoms with Gasteiger partial charge in [-0.1, -0.05) is 26.0 Å². The van der Waals surface area contributed by atoms with Gasteiger partial charge in [-0.15, -0.1) is 12.4 Å². The zero-order valence-electron chi connectivity index (χ0n) is 9.60. The topological polar surface area (TPSA) is 61.1 Å². The molecule has 16 heavy (non-hydrogen) atoms. The summed E-state index contributed by atoms with van der Waals surface area (Å²) in [5, 5.41) is 17.8. The van der Waals surface area contributed by atoms with Crippen molar-refractivity contribution >= 4 is 18.4 Å². The number of carbonyl (C=O) groups is 1. The molecule has 2 atom stereocenters. The van der Waals surface area contributed by atoms with Crippen LogP contribution in [0.3, 0.4) is 0 Å². The molecule has 1 fully saturated rings. The lowest BCUT2D eigenvalue weighted by Gasteiger charge is -1.96. The smallest absolute Gasteiger partial charge is 0.307 e. The third-order valence-corrected chi connectivity index (χ3v) is 3.01. The van der Waals surface area contributed by atoms with Crippen LogP contribution in [0, 0.1) is 28.6 Å². The minimum absolute atomic E-state index is 0. The highest BCUT2D eigenvalue weighted by Crippen LogP contribution is 2.59. The van der Waals surface area contributed by atoms with E-state index in [1.807, 2.05) is 20.8 Å². The molecule has 88 valence electrons. The second-order valence-electron chi connectivity index (χ2n) is 4.40. The molecular formula is C12H16ClNO2. The summed E-state index contributed by atoms with van der Waals surface area (Å²) in [5.41, 5.74) is 0.314. The Hall–Kier alpha value is -1.27. The van der Waals surface area contributed by atoms with Crippen LogP contribution in [0.4, 0.5) is 0 Å². The first kappa shape index (κ1) is 14.7. The highest BCUT2D eigenvalue weighted by Gasteiger charge is 2.60. The molecule has 1 aliphatic rings. The maximum atomic E-state index is 10.9. The molecule has 4 heteroatoms. The van der Waals surface area contributed by atoms with E-state index in [1.165, 1.54) is 0 Å². The average molecular weight is 242 g/mol. The third kappa shape index (κ3) is 2.65. The van der Waals surface area contributed by atoms with Gasteiger partial charge in [-0.2, -0.15) is 5.26 Å². The normalized spacial score (nSPS) is 27.0. The minimum Gasteiger partial charge on any atom is -0.481 e. The number of nitriles is 1. The van der Waals surface area contributed by atoms with Crippen LogP contribution in [0.25, 0.3) is 0 Å². The molecule has 1 rings (SSSR count). The van der Waals surface area contributed by atoms with Gasteiger partial charge in [0.15, 0.2) is 0 Å². The van der Waals surface area contributed by atoms with Crippen LogP contribution in [0.1, 0.15) is 20.8 Å². The van der Waals surface area contributed by atoms with Crippen molar-refractivity contribution in [2.75, 3.05) is 0 Å². The Kier molecular flexibility index (Phi) is 4.77. The first-order valence-electron chi connectivity index (χ1n) is 4.92. The van der Waals surface area contributed by atoms with Gasteiger partial charge < -0.3 is 5.11 Å². The van der Waals surface area contributed by atoms with Gasteiger partial charge in [0, 0.05) is 5.57 Å². The lowest BCUT2D eigenvalue weighted by molar-refractivity contribution is -0.139. The Morgan fingerprint density at radius 2 is 2.06 bits per heavy atom. The van der Waals surface area contributed by atoms with Crippen molar-refractivity contribution in [1.29, 1.82) is 5.26 Å². The summed E-state index contributed by atoms with van der Waals surface area (Å²) in [6, 6.07) is 2.05. The Morgan fingerprint density at radius 1 is 1.50 bits per heavy atom. The van der Waals surface area contributed by atoms with Crippen LogP contribution in [0.15, 0.2) is 23.8 Å². The van der Waals surface area contributed by atoms with Crippen LogP contribution < -0.4 is 0 Å². The number of halogens is 1. The molecule has 0 amide bonds. The second-order valence-corrected chi connectivity index (χ2v) is 4.40. The summed E-state index contributed by atoms with van der Waals surface area (Å²) in [5.74, 6) is -1.16. The molecule has 1 N–H and O–H groups in total. The van der Waals surface area contributed by atoms with Gasteiger partial charge in [0.25, 0.3) is 0 Å². The fourth-order valence-corrected chi connectivity index (χ4v) is 1.96. The number of aliphatic carboxylic acids is 1. The monoisotopic (exact) mass is 241 g/mol. The van der Waals surface area contributed by atoms with Crippen LogP contribution >= 0.6 is 12.4 Å². The van der Waals surface area contributed by atoms with Crippen molar-refractivity contribution in [2.24, 2.45) is 17.3 Å². The van der Waals surface area contributed by atoms with Crippen LogP contribution in [-0.4, -0.2) is 11.1 Å². The van der Waals surface area contributed by atoms with E-state index in [-0.39, 0.29) is 29.7 Å². The predicted molar refractivity (Wildman–Crippen MR) is 64.2 cm³/mol. The summed E-state index contributed by atoms with van der Waals surface area (Å²) in [4.78, 5) is 10.9. The van der Waals surface area contributed by atoms with E-state index in [9.17, 15) is 4.79 Å². The van der Waals surface area contributed by atoms with E-state index in [0.717, 1.165) is 0 Å². The van der Waals surface area contributed by atoms with Crippen molar-refractivity contribution in [3.63, 3.8) is 0 Å². The van der Waals surface area contributed by atoms with Gasteiger partial charge >= 0.3 is 5.97 Å². The highest BCUT2D eigenvalue weighted by molar-refractivity contribution is 5.85. The highest BCUT2D eigenvalue weighted by atomic mass is 35.5. The molecule has 1 saturated carbocycles. The number of hydrogen-bond donors (Lipinski definition) is 1. The second kappa shape index (κ2) is 5.18. The van der Waals surface area contributed by atoms with Gasteiger partial charge in [0.1, 0.15) is 0 Å². The van der Waals surface area contributed by atoms with Crippen LogP contribution in [0.2, 0.25) is 0 Å². The zero-order valence-corrected chi connectivity index (χ0v) is 10.4. The summed E-state index contributed by atoms with van der Waals surface area (Å²) in [6.07, 6.45) is 5.24. The van der Waals surface area contributed by atoms with Gasteiger partial charge in [0.2, 0.25) is 0 Å². The molecule has 0 bridgehead atoms. The van der Waals surface area contributed by atoms with E-state index in [1.54, 1.807) is 18.2 Å². The Morgan fingerprint density at radius 3 is 2.38 bits per heavy atom. The SMILES string of the molecule is CC=CC(C#N)=CC1[C@@H](C(=O)O)C1(C)C.Cl. The summed E-state index contributed by atoms with van der Waals surface area (Å²) in [6.45, 7) is 5.66. The minimum atomic E-state index is -0.779. The molecule has 0 aromatic rings. The maximum absolute atomic E-state index is 10.9. The standard InChI is InChI=1S/C12H15NO2.ClH/c1-4-5-8(7-13)6-9-10(11(14)15)12(9,2)3;/h4-6,9-10H,1-3H3,(H,14,15);1H/t9?,10-;/m0./s1. The Balaban J connectivity index is 0.00000225. The molecule has 0 aromatic carbocycles. The van der Waals surface area contributed by atoms with Crippen molar-refractivity contribution in [2.45, 2.75) is 20.8 Å². The molecular weight excluding hydrogens is 226 g/mol. The fraction of sp³-hybridized carbons (Fsp3) is 0.500. The molecule has 0 aliphatic heterocycles. The largest absolute Gasteiger partial charge is 0.481 e. The van der Waals surface area contributed by atoms with E-state index in [4.69, 9.17) is 10.4 Å². The predicted octanol–water partition coefficient (Wildman–Crippen LogP) is 2.79. The molecule has 0 spiro atoms. The Bertz CT molecular complexity index is 377. The van der Waals surface area contributed by atoms with Gasteiger partial charge in [-0.25, -0.2) is 0 Å². The Labute approximate surface area is 102 Å². The molecule has 0 heterocycles. The maximum Gasteiger partial charge on any atom is 0.307 e. The first-order valence-corrected chi connectivity index (χ1v) is 4.92. The number of hydrogen-bond acceptors (Lipinski definition) is 2. The van der Waals surface area contributed by atoms with Crippen LogP contribution in [-0.2, 0) is 4.79 Å². The number of carboxylic acid groups (broad SMARTS) is 1. The van der Waals surface area contributed by atoms with E-state index >= 15 is 0 Å². The molecule has 0 saturated heterocycles. The van der Waals surface area contributed by atoms with Gasteiger partial charge in [-0.3, -0.25) is 4.79 Å². The van der Waals surface area contributed by atoms with E-state index < -0.39 is 5.97 Å². The fourth-order valence-electron chi connectivity index (χ4n) is 1.96. The third-order valence-electron chi connectivity index (χ3n) is 3.01. The first-order chi connectivity index (χ1) is 6.95. The molecule has 0 aromatic heterocycles. The lowest BCUT2D eigenvalue weighted by atomic mass is 10.1. The molecule has 1 unspecified atom stereocenters. The molecule has 3 nitrogen and oxygen atoms in total. The van der Waals surface area contributed by atoms with Crippen molar-refractivity contribution in [3.05, 3.63) is 23.8 Å². The number of carboxylic acids is 1. The number of allylic oxidation sites excluding steroid dienone is 4. The van der Waals surface area contributed by atoms with Crippen molar-refractivity contribution in [1.82, 2.24) is 0 Å².